The van der Waals surface area contributed by atoms with Crippen LogP contribution in [0.15, 0.2) is 43.0 Å². The molecule has 30 heavy (non-hydrogen) atoms. The Hall–Kier alpha value is -1.78. The Balaban J connectivity index is 1.63. The molecule has 0 fully saturated rings. The van der Waals surface area contributed by atoms with Crippen molar-refractivity contribution in [3.8, 4) is 0 Å². The molecule has 0 aliphatic heterocycles. The molecule has 0 spiro atoms. The van der Waals surface area contributed by atoms with E-state index in [1.54, 1.807) is 27.9 Å². The topological polar surface area (TPSA) is 117 Å². The van der Waals surface area contributed by atoms with Crippen LogP contribution < -0.4 is 10.8 Å². The first kappa shape index (κ1) is 22.9. The normalized spacial score (nSPS) is 14.5. The van der Waals surface area contributed by atoms with Gasteiger partial charge in [0.25, 0.3) is 0 Å². The lowest BCUT2D eigenvalue weighted by molar-refractivity contribution is 0.0805. The number of aromatic nitrogens is 4. The first-order valence-corrected chi connectivity index (χ1v) is 13.8. The Morgan fingerprint density at radius 2 is 2.07 bits per heavy atom. The lowest BCUT2D eigenvalue weighted by Gasteiger charge is -2.23. The van der Waals surface area contributed by atoms with Crippen molar-refractivity contribution in [3.63, 3.8) is 0 Å². The minimum atomic E-state index is -3.25. The number of benzene rings is 1. The van der Waals surface area contributed by atoms with Crippen molar-refractivity contribution in [1.29, 1.82) is 0 Å². The van der Waals surface area contributed by atoms with Crippen LogP contribution in [-0.4, -0.2) is 50.6 Å². The molecule has 0 saturated heterocycles. The molecule has 2 heterocycles. The monoisotopic (exact) mass is 468 g/mol. The van der Waals surface area contributed by atoms with Gasteiger partial charge in [0.2, 0.25) is 0 Å². The molecule has 0 aliphatic carbocycles. The third-order valence-corrected chi connectivity index (χ3v) is 7.53. The van der Waals surface area contributed by atoms with E-state index in [1.807, 2.05) is 48.1 Å². The standard InChI is InChI=1S/C18H25N6O3PS2/c1-14(10-24-12-22-16-17(19)20-11-21-18(16)24)26-13-28(25,27-8-9-30-29-2)23-15-6-4-3-5-7-15/h3-7,11-12,14H,8-10,13H2,1-2H3,(H,23,25)(H2,19,20,21)/t14-,28?/m1/s1. The van der Waals surface area contributed by atoms with E-state index in [9.17, 15) is 4.57 Å². The van der Waals surface area contributed by atoms with Gasteiger partial charge in [-0.3, -0.25) is 4.57 Å². The zero-order valence-electron chi connectivity index (χ0n) is 16.8. The first-order valence-electron chi connectivity index (χ1n) is 9.26. The predicted octanol–water partition coefficient (Wildman–Crippen LogP) is 4.10. The summed E-state index contributed by atoms with van der Waals surface area (Å²) < 4.78 is 26.9. The zero-order valence-corrected chi connectivity index (χ0v) is 19.3. The van der Waals surface area contributed by atoms with Gasteiger partial charge in [-0.2, -0.15) is 0 Å². The lowest BCUT2D eigenvalue weighted by Crippen LogP contribution is -2.19. The molecule has 9 nitrogen and oxygen atoms in total. The average Bonchev–Trinajstić information content (AvgIpc) is 3.15. The molecule has 1 aromatic carbocycles. The van der Waals surface area contributed by atoms with Gasteiger partial charge in [-0.25, -0.2) is 15.0 Å². The molecule has 3 aromatic rings. The molecule has 162 valence electrons. The van der Waals surface area contributed by atoms with E-state index in [2.05, 4.69) is 20.0 Å². The fourth-order valence-corrected chi connectivity index (χ4v) is 5.43. The summed E-state index contributed by atoms with van der Waals surface area (Å²) >= 11 is 0. The molecule has 0 bridgehead atoms. The first-order chi connectivity index (χ1) is 14.5. The van der Waals surface area contributed by atoms with Gasteiger partial charge in [-0.15, -0.1) is 0 Å². The van der Waals surface area contributed by atoms with Crippen molar-refractivity contribution in [2.75, 3.05) is 35.8 Å². The second-order valence-corrected chi connectivity index (χ2v) is 11.2. The summed E-state index contributed by atoms with van der Waals surface area (Å²) in [6.45, 7) is 2.73. The summed E-state index contributed by atoms with van der Waals surface area (Å²) in [6.07, 6.45) is 4.73. The highest BCUT2D eigenvalue weighted by atomic mass is 33.1. The number of hydrogen-bond acceptors (Lipinski definition) is 9. The molecule has 0 radical (unpaired) electrons. The molecule has 0 saturated carbocycles. The number of hydrogen-bond donors (Lipinski definition) is 2. The second-order valence-electron chi connectivity index (χ2n) is 6.41. The maximum absolute atomic E-state index is 13.4. The van der Waals surface area contributed by atoms with Crippen molar-refractivity contribution < 1.29 is 13.8 Å². The zero-order chi connectivity index (χ0) is 21.4. The van der Waals surface area contributed by atoms with E-state index >= 15 is 0 Å². The summed E-state index contributed by atoms with van der Waals surface area (Å²) in [5.74, 6) is 1.07. The van der Waals surface area contributed by atoms with Crippen molar-refractivity contribution in [3.05, 3.63) is 43.0 Å². The molecule has 3 rings (SSSR count). The minimum absolute atomic E-state index is 0.0588. The maximum Gasteiger partial charge on any atom is 0.319 e. The van der Waals surface area contributed by atoms with Crippen LogP contribution >= 0.6 is 29.1 Å². The second kappa shape index (κ2) is 11.0. The molecule has 0 amide bonds. The Labute approximate surface area is 183 Å². The van der Waals surface area contributed by atoms with Gasteiger partial charge in [0.05, 0.1) is 25.6 Å². The van der Waals surface area contributed by atoms with E-state index < -0.39 is 7.52 Å². The number of rotatable bonds is 12. The number of imidazole rings is 1. The quantitative estimate of drug-likeness (QED) is 0.228. The molecule has 3 N–H and O–H groups in total. The van der Waals surface area contributed by atoms with Gasteiger partial charge in [0, 0.05) is 11.4 Å². The number of nitrogens with two attached hydrogens (primary N) is 1. The Morgan fingerprint density at radius 1 is 1.27 bits per heavy atom. The van der Waals surface area contributed by atoms with Crippen LogP contribution in [0.4, 0.5) is 11.5 Å². The molecule has 1 unspecified atom stereocenters. The molecule has 12 heteroatoms. The maximum atomic E-state index is 13.4. The van der Waals surface area contributed by atoms with Crippen LogP contribution in [0.5, 0.6) is 0 Å². The fourth-order valence-electron chi connectivity index (χ4n) is 2.70. The van der Waals surface area contributed by atoms with Crippen molar-refractivity contribution in [1.82, 2.24) is 19.5 Å². The third-order valence-electron chi connectivity index (χ3n) is 4.07. The van der Waals surface area contributed by atoms with Crippen LogP contribution in [0.1, 0.15) is 6.92 Å². The smallest absolute Gasteiger partial charge is 0.319 e. The van der Waals surface area contributed by atoms with Crippen molar-refractivity contribution in [2.24, 2.45) is 0 Å². The third kappa shape index (κ3) is 6.36. The van der Waals surface area contributed by atoms with Crippen molar-refractivity contribution in [2.45, 2.75) is 19.6 Å². The summed E-state index contributed by atoms with van der Waals surface area (Å²) in [5.41, 5.74) is 7.74. The highest BCUT2D eigenvalue weighted by Crippen LogP contribution is 2.47. The molecule has 2 aromatic heterocycles. The Kier molecular flexibility index (Phi) is 8.41. The van der Waals surface area contributed by atoms with Gasteiger partial charge in [0.1, 0.15) is 18.2 Å². The Morgan fingerprint density at radius 3 is 2.83 bits per heavy atom. The van der Waals surface area contributed by atoms with E-state index in [-0.39, 0.29) is 12.5 Å². The number of anilines is 2. The number of fused-ring (bicyclic) bond motifs is 1. The predicted molar refractivity (Wildman–Crippen MR) is 125 cm³/mol. The Bertz CT molecular complexity index is 990. The van der Waals surface area contributed by atoms with E-state index in [4.69, 9.17) is 15.0 Å². The lowest BCUT2D eigenvalue weighted by atomic mass is 10.3. The number of nitrogens with zero attached hydrogens (tertiary/aromatic N) is 4. The van der Waals surface area contributed by atoms with Gasteiger partial charge >= 0.3 is 7.52 Å². The SMILES string of the molecule is CSSCCOP(=O)(CO[C@H](C)Cn1cnc2c(N)ncnc21)Nc1ccccc1. The molecule has 0 aliphatic rings. The molecular weight excluding hydrogens is 443 g/mol. The number of ether oxygens (including phenoxy) is 1. The summed E-state index contributed by atoms with van der Waals surface area (Å²) in [5, 5.41) is 3.02. The van der Waals surface area contributed by atoms with Crippen LogP contribution in [0.3, 0.4) is 0 Å². The van der Waals surface area contributed by atoms with Crippen LogP contribution in [-0.2, 0) is 20.4 Å². The van der Waals surface area contributed by atoms with Gasteiger partial charge < -0.3 is 24.6 Å². The van der Waals surface area contributed by atoms with E-state index in [0.29, 0.717) is 30.1 Å². The van der Waals surface area contributed by atoms with Gasteiger partial charge in [-0.05, 0) is 25.3 Å². The van der Waals surface area contributed by atoms with Crippen molar-refractivity contribution >= 4 is 51.8 Å². The fraction of sp³-hybridized carbons (Fsp3) is 0.389. The molecule has 2 atom stereocenters. The van der Waals surface area contributed by atoms with E-state index in [0.717, 1.165) is 11.4 Å². The highest BCUT2D eigenvalue weighted by Gasteiger charge is 2.25. The van der Waals surface area contributed by atoms with Gasteiger partial charge in [-0.1, -0.05) is 39.8 Å². The highest BCUT2D eigenvalue weighted by molar-refractivity contribution is 8.76. The number of para-hydroxylation sites is 1. The summed E-state index contributed by atoms with van der Waals surface area (Å²) in [7, 11) is 0.0531. The van der Waals surface area contributed by atoms with Crippen LogP contribution in [0.2, 0.25) is 0 Å². The summed E-state index contributed by atoms with van der Waals surface area (Å²) in [4.78, 5) is 12.4. The average molecular weight is 469 g/mol. The minimum Gasteiger partial charge on any atom is -0.382 e. The molecular formula is C18H25N6O3PS2. The largest absolute Gasteiger partial charge is 0.382 e. The number of nitrogens with one attached hydrogen (secondary N) is 1. The van der Waals surface area contributed by atoms with Crippen LogP contribution in [0, 0.1) is 0 Å². The van der Waals surface area contributed by atoms with E-state index in [1.165, 1.54) is 6.33 Å². The summed E-state index contributed by atoms with van der Waals surface area (Å²) in [6, 6.07) is 9.33. The number of nitrogen functional groups attached to an aromatic ring is 1. The van der Waals surface area contributed by atoms with Crippen LogP contribution in [0.25, 0.3) is 11.2 Å². The van der Waals surface area contributed by atoms with Gasteiger partial charge in [0.15, 0.2) is 11.5 Å².